The molecule has 1 aromatic rings. The van der Waals surface area contributed by atoms with Crippen LogP contribution in [0.1, 0.15) is 77.7 Å². The van der Waals surface area contributed by atoms with E-state index < -0.39 is 5.60 Å². The largest absolute Gasteiger partial charge is 0.444 e. The van der Waals surface area contributed by atoms with Gasteiger partial charge in [0, 0.05) is 17.2 Å². The number of carbonyl (C=O) groups is 1. The summed E-state index contributed by atoms with van der Waals surface area (Å²) < 4.78 is 5.28. The van der Waals surface area contributed by atoms with Crippen molar-refractivity contribution in [3.63, 3.8) is 0 Å². The molecule has 146 valence electrons. The summed E-state index contributed by atoms with van der Waals surface area (Å²) in [7, 11) is 0. The highest BCUT2D eigenvalue weighted by Crippen LogP contribution is 2.31. The van der Waals surface area contributed by atoms with Gasteiger partial charge in [0.2, 0.25) is 0 Å². The molecule has 1 N–H and O–H groups in total. The van der Waals surface area contributed by atoms with Gasteiger partial charge in [0.25, 0.3) is 0 Å². The quantitative estimate of drug-likeness (QED) is 0.560. The molecule has 0 radical (unpaired) electrons. The zero-order valence-electron chi connectivity index (χ0n) is 16.8. The van der Waals surface area contributed by atoms with Gasteiger partial charge < -0.3 is 10.1 Å². The predicted molar refractivity (Wildman–Crippen MR) is 111 cm³/mol. The van der Waals surface area contributed by atoms with Crippen molar-refractivity contribution >= 4 is 17.9 Å². The van der Waals surface area contributed by atoms with E-state index in [2.05, 4.69) is 36.5 Å². The molecular weight excluding hydrogens is 342 g/mol. The highest BCUT2D eigenvalue weighted by molar-refractivity contribution is 7.99. The fourth-order valence-corrected chi connectivity index (χ4v) is 4.51. The van der Waals surface area contributed by atoms with Crippen LogP contribution in [0.4, 0.5) is 4.79 Å². The summed E-state index contributed by atoms with van der Waals surface area (Å²) in [5, 5.41) is 2.86. The first-order valence-electron chi connectivity index (χ1n) is 10.0. The normalized spacial score (nSPS) is 16.9. The molecule has 1 atom stereocenters. The molecule has 1 aliphatic rings. The van der Waals surface area contributed by atoms with Gasteiger partial charge in [-0.15, -0.1) is 11.8 Å². The van der Waals surface area contributed by atoms with Crippen LogP contribution in [-0.4, -0.2) is 24.0 Å². The van der Waals surface area contributed by atoms with E-state index in [1.54, 1.807) is 0 Å². The minimum atomic E-state index is -0.445. The molecule has 1 fully saturated rings. The first-order chi connectivity index (χ1) is 12.3. The predicted octanol–water partition coefficient (Wildman–Crippen LogP) is 6.38. The van der Waals surface area contributed by atoms with Gasteiger partial charge in [-0.05, 0) is 69.6 Å². The summed E-state index contributed by atoms with van der Waals surface area (Å²) in [6.45, 7) is 8.50. The van der Waals surface area contributed by atoms with Crippen LogP contribution in [0, 0.1) is 5.92 Å². The highest BCUT2D eigenvalue weighted by atomic mass is 32.2. The van der Waals surface area contributed by atoms with E-state index in [0.717, 1.165) is 12.3 Å². The van der Waals surface area contributed by atoms with E-state index in [0.29, 0.717) is 12.5 Å². The Morgan fingerprint density at radius 3 is 2.69 bits per heavy atom. The van der Waals surface area contributed by atoms with Crippen LogP contribution in [0.2, 0.25) is 0 Å². The molecule has 1 unspecified atom stereocenters. The Hall–Kier alpha value is -1.16. The molecule has 1 aromatic carbocycles. The average Bonchev–Trinajstić information content (AvgIpc) is 2.59. The summed E-state index contributed by atoms with van der Waals surface area (Å²) in [5.74, 6) is 2.56. The lowest BCUT2D eigenvalue weighted by molar-refractivity contribution is 0.0526. The number of rotatable bonds is 7. The van der Waals surface area contributed by atoms with E-state index in [4.69, 9.17) is 4.74 Å². The molecule has 0 bridgehead atoms. The van der Waals surface area contributed by atoms with Crippen LogP contribution >= 0.6 is 11.8 Å². The fraction of sp³-hybridized carbons (Fsp3) is 0.682. The van der Waals surface area contributed by atoms with Crippen molar-refractivity contribution in [3.05, 3.63) is 29.8 Å². The smallest absolute Gasteiger partial charge is 0.407 e. The van der Waals surface area contributed by atoms with Gasteiger partial charge >= 0.3 is 6.09 Å². The average molecular weight is 378 g/mol. The number of benzene rings is 1. The molecule has 1 aliphatic carbocycles. The third kappa shape index (κ3) is 8.03. The maximum Gasteiger partial charge on any atom is 0.407 e. The van der Waals surface area contributed by atoms with Gasteiger partial charge in [0.1, 0.15) is 5.60 Å². The third-order valence-electron chi connectivity index (χ3n) is 4.88. The number of nitrogens with one attached hydrogen (secondary N) is 1. The number of alkyl carbamates (subject to hydrolysis) is 1. The second-order valence-electron chi connectivity index (χ2n) is 8.51. The minimum absolute atomic E-state index is 0.332. The number of hydrogen-bond donors (Lipinski definition) is 1. The van der Waals surface area contributed by atoms with Gasteiger partial charge in [-0.1, -0.05) is 38.3 Å². The minimum Gasteiger partial charge on any atom is -0.444 e. The van der Waals surface area contributed by atoms with Crippen molar-refractivity contribution in [2.75, 3.05) is 12.3 Å². The van der Waals surface area contributed by atoms with E-state index in [1.807, 2.05) is 32.5 Å². The van der Waals surface area contributed by atoms with Crippen LogP contribution in [-0.2, 0) is 4.74 Å². The van der Waals surface area contributed by atoms with E-state index in [9.17, 15) is 4.79 Å². The van der Waals surface area contributed by atoms with Gasteiger partial charge in [0.05, 0.1) is 0 Å². The zero-order chi connectivity index (χ0) is 19.0. The third-order valence-corrected chi connectivity index (χ3v) is 6.11. The van der Waals surface area contributed by atoms with Gasteiger partial charge in [-0.2, -0.15) is 0 Å². The monoisotopic (exact) mass is 377 g/mol. The Bertz CT molecular complexity index is 562. The van der Waals surface area contributed by atoms with Crippen molar-refractivity contribution in [1.82, 2.24) is 5.32 Å². The van der Waals surface area contributed by atoms with Crippen molar-refractivity contribution < 1.29 is 9.53 Å². The van der Waals surface area contributed by atoms with Crippen LogP contribution in [0.25, 0.3) is 0 Å². The van der Waals surface area contributed by atoms with Crippen molar-refractivity contribution in [1.29, 1.82) is 0 Å². The maximum atomic E-state index is 11.7. The summed E-state index contributed by atoms with van der Waals surface area (Å²) in [6.07, 6.45) is 7.63. The number of thioether (sulfide) groups is 1. The lowest BCUT2D eigenvalue weighted by atomic mass is 9.91. The molecule has 0 heterocycles. The molecule has 0 spiro atoms. The van der Waals surface area contributed by atoms with Crippen molar-refractivity contribution in [2.24, 2.45) is 5.92 Å². The Morgan fingerprint density at radius 2 is 2.00 bits per heavy atom. The molecule has 0 aliphatic heterocycles. The molecule has 0 aromatic heterocycles. The first kappa shape index (κ1) is 21.1. The topological polar surface area (TPSA) is 38.3 Å². The molecule has 26 heavy (non-hydrogen) atoms. The van der Waals surface area contributed by atoms with E-state index >= 15 is 0 Å². The lowest BCUT2D eigenvalue weighted by Crippen LogP contribution is -2.33. The molecule has 0 saturated heterocycles. The summed E-state index contributed by atoms with van der Waals surface area (Å²) in [6, 6.07) is 8.91. The summed E-state index contributed by atoms with van der Waals surface area (Å²) in [4.78, 5) is 13.1. The van der Waals surface area contributed by atoms with Crippen molar-refractivity contribution in [2.45, 2.75) is 82.6 Å². The fourth-order valence-electron chi connectivity index (χ4n) is 3.35. The van der Waals surface area contributed by atoms with Crippen LogP contribution in [0.15, 0.2) is 29.2 Å². The van der Waals surface area contributed by atoms with Crippen LogP contribution in [0.3, 0.4) is 0 Å². The molecule has 1 saturated carbocycles. The molecule has 1 amide bonds. The summed E-state index contributed by atoms with van der Waals surface area (Å²) in [5.41, 5.74) is 0.907. The van der Waals surface area contributed by atoms with Gasteiger partial charge in [-0.3, -0.25) is 0 Å². The molecular formula is C22H35NO2S. The molecule has 3 nitrogen and oxygen atoms in total. The van der Waals surface area contributed by atoms with Gasteiger partial charge in [0.15, 0.2) is 0 Å². The molecule has 4 heteroatoms. The zero-order valence-corrected chi connectivity index (χ0v) is 17.7. The van der Waals surface area contributed by atoms with Crippen LogP contribution in [0.5, 0.6) is 0 Å². The standard InChI is InChI=1S/C22H35NO2S/c1-17(13-14-23-21(24)25-22(2,3)4)19-11-8-12-20(15-19)26-16-18-9-6-5-7-10-18/h8,11-12,15,17-18H,5-7,9-10,13-14,16H2,1-4H3,(H,23,24). The number of carbonyl (C=O) groups excluding carboxylic acids is 1. The summed E-state index contributed by atoms with van der Waals surface area (Å²) >= 11 is 2.00. The van der Waals surface area contributed by atoms with Crippen molar-refractivity contribution in [3.8, 4) is 0 Å². The highest BCUT2D eigenvalue weighted by Gasteiger charge is 2.16. The second kappa shape index (κ2) is 10.2. The van der Waals surface area contributed by atoms with E-state index in [1.165, 1.54) is 48.3 Å². The number of ether oxygens (including phenoxy) is 1. The van der Waals surface area contributed by atoms with Gasteiger partial charge in [-0.25, -0.2) is 4.79 Å². The number of amides is 1. The Labute approximate surface area is 163 Å². The lowest BCUT2D eigenvalue weighted by Gasteiger charge is -2.21. The van der Waals surface area contributed by atoms with Crippen LogP contribution < -0.4 is 5.32 Å². The maximum absolute atomic E-state index is 11.7. The Balaban J connectivity index is 1.76. The Kier molecular flexibility index (Phi) is 8.33. The van der Waals surface area contributed by atoms with E-state index in [-0.39, 0.29) is 6.09 Å². The molecule has 2 rings (SSSR count). The Morgan fingerprint density at radius 1 is 1.27 bits per heavy atom. The second-order valence-corrected chi connectivity index (χ2v) is 9.60. The number of hydrogen-bond acceptors (Lipinski definition) is 3. The first-order valence-corrected chi connectivity index (χ1v) is 11.0. The SMILES string of the molecule is CC(CCNC(=O)OC(C)(C)C)c1cccc(SCC2CCCCC2)c1.